The molecule has 50 heavy (non-hydrogen) atoms. The van der Waals surface area contributed by atoms with E-state index in [4.69, 9.17) is 14.2 Å². The number of Topliss-reactive ketones (excluding diaryl/α,β-unsaturated/α-hetero) is 1. The molecular weight excluding hydrogens is 642 g/mol. The summed E-state index contributed by atoms with van der Waals surface area (Å²) in [6.45, 7) is 8.58. The van der Waals surface area contributed by atoms with Crippen molar-refractivity contribution >= 4 is 29.9 Å². The van der Waals surface area contributed by atoms with E-state index in [-0.39, 0.29) is 31.3 Å². The third-order valence-corrected chi connectivity index (χ3v) is 12.2. The SMILES string of the molecule is CC(=O)OC1C(=O)[C@@]2(C)C(CC3(C=O)C[C@H](OC(=O)[C@H](O)[C@@H](NC(=O)c4ccccc4)c4ccccc4)C(C)=C1C3(C)C)[C@@H]1COC1C[C@@H]2O. The predicted molar refractivity (Wildman–Crippen MR) is 179 cm³/mol. The van der Waals surface area contributed by atoms with E-state index >= 15 is 0 Å². The molecule has 2 bridgehead atoms. The molecular formula is C39H45NO10. The molecule has 1 aliphatic heterocycles. The highest BCUT2D eigenvalue weighted by Gasteiger charge is 2.68. The van der Waals surface area contributed by atoms with Crippen LogP contribution in [0.15, 0.2) is 71.8 Å². The minimum absolute atomic E-state index is 0.0194. The van der Waals surface area contributed by atoms with Crippen molar-refractivity contribution in [3.63, 3.8) is 0 Å². The fourth-order valence-corrected chi connectivity index (χ4v) is 9.00. The number of benzene rings is 2. The van der Waals surface area contributed by atoms with Crippen LogP contribution < -0.4 is 5.32 Å². The van der Waals surface area contributed by atoms with Gasteiger partial charge in [-0.3, -0.25) is 14.4 Å². The average Bonchev–Trinajstić information content (AvgIpc) is 3.08. The molecule has 1 saturated heterocycles. The maximum absolute atomic E-state index is 14.7. The molecule has 3 fully saturated rings. The van der Waals surface area contributed by atoms with Gasteiger partial charge in [0.2, 0.25) is 0 Å². The van der Waals surface area contributed by atoms with Crippen LogP contribution in [0.25, 0.3) is 0 Å². The Morgan fingerprint density at radius 2 is 1.64 bits per heavy atom. The Balaban J connectivity index is 1.40. The van der Waals surface area contributed by atoms with Crippen molar-refractivity contribution in [2.75, 3.05) is 6.61 Å². The topological polar surface area (TPSA) is 166 Å². The molecule has 1 amide bonds. The first kappa shape index (κ1) is 35.6. The van der Waals surface area contributed by atoms with E-state index in [1.807, 2.05) is 13.8 Å². The van der Waals surface area contributed by atoms with Gasteiger partial charge in [0, 0.05) is 42.1 Å². The number of rotatable bonds is 8. The Bertz CT molecular complexity index is 1710. The van der Waals surface area contributed by atoms with E-state index < -0.39 is 76.2 Å². The van der Waals surface area contributed by atoms with E-state index in [0.29, 0.717) is 28.9 Å². The summed E-state index contributed by atoms with van der Waals surface area (Å²) in [5, 5.41) is 25.8. The molecule has 4 aliphatic rings. The highest BCUT2D eigenvalue weighted by Crippen LogP contribution is 2.64. The van der Waals surface area contributed by atoms with Crippen LogP contribution >= 0.6 is 0 Å². The molecule has 0 spiro atoms. The number of fused-ring (bicyclic) bond motifs is 5. The fraction of sp³-hybridized carbons (Fsp3) is 0.513. The first-order valence-electron chi connectivity index (χ1n) is 17.1. The highest BCUT2D eigenvalue weighted by molar-refractivity contribution is 5.96. The number of hydrogen-bond donors (Lipinski definition) is 3. The molecule has 2 saturated carbocycles. The number of carbonyl (C=O) groups excluding carboxylic acids is 5. The minimum Gasteiger partial charge on any atom is -0.456 e. The third-order valence-electron chi connectivity index (χ3n) is 12.2. The zero-order chi connectivity index (χ0) is 36.2. The van der Waals surface area contributed by atoms with E-state index in [2.05, 4.69) is 5.32 Å². The molecule has 10 atom stereocenters. The van der Waals surface area contributed by atoms with Gasteiger partial charge in [0.1, 0.15) is 12.4 Å². The monoisotopic (exact) mass is 687 g/mol. The Morgan fingerprint density at radius 1 is 1.00 bits per heavy atom. The molecule has 1 heterocycles. The number of amides is 1. The fourth-order valence-electron chi connectivity index (χ4n) is 9.00. The molecule has 4 unspecified atom stereocenters. The molecule has 3 N–H and O–H groups in total. The van der Waals surface area contributed by atoms with Gasteiger partial charge in [0.25, 0.3) is 5.91 Å². The summed E-state index contributed by atoms with van der Waals surface area (Å²) in [7, 11) is 0. The van der Waals surface area contributed by atoms with Gasteiger partial charge < -0.3 is 34.5 Å². The molecule has 266 valence electrons. The van der Waals surface area contributed by atoms with Gasteiger partial charge in [-0.25, -0.2) is 4.79 Å². The lowest BCUT2D eigenvalue weighted by atomic mass is 9.44. The smallest absolute Gasteiger partial charge is 0.338 e. The zero-order valence-electron chi connectivity index (χ0n) is 29.0. The number of aliphatic hydroxyl groups is 2. The van der Waals surface area contributed by atoms with Gasteiger partial charge in [0.05, 0.1) is 30.3 Å². The van der Waals surface area contributed by atoms with Crippen molar-refractivity contribution in [2.24, 2.45) is 28.1 Å². The van der Waals surface area contributed by atoms with Gasteiger partial charge >= 0.3 is 11.9 Å². The summed E-state index contributed by atoms with van der Waals surface area (Å²) in [6, 6.07) is 15.7. The van der Waals surface area contributed by atoms with Crippen molar-refractivity contribution in [1.82, 2.24) is 5.32 Å². The van der Waals surface area contributed by atoms with Crippen molar-refractivity contribution in [1.29, 1.82) is 0 Å². The second-order valence-electron chi connectivity index (χ2n) is 15.0. The predicted octanol–water partition coefficient (Wildman–Crippen LogP) is 3.67. The molecule has 2 aromatic carbocycles. The first-order valence-corrected chi connectivity index (χ1v) is 17.1. The van der Waals surface area contributed by atoms with Crippen LogP contribution in [0.3, 0.4) is 0 Å². The molecule has 6 rings (SSSR count). The zero-order valence-corrected chi connectivity index (χ0v) is 29.0. The lowest BCUT2D eigenvalue weighted by Gasteiger charge is -2.62. The van der Waals surface area contributed by atoms with Crippen LogP contribution in [0.5, 0.6) is 0 Å². The van der Waals surface area contributed by atoms with Gasteiger partial charge in [0.15, 0.2) is 18.0 Å². The third kappa shape index (κ3) is 5.69. The molecule has 2 aromatic rings. The van der Waals surface area contributed by atoms with E-state index in [0.717, 1.165) is 6.29 Å². The number of carbonyl (C=O) groups is 5. The summed E-state index contributed by atoms with van der Waals surface area (Å²) >= 11 is 0. The minimum atomic E-state index is -1.86. The number of nitrogens with one attached hydrogen (secondary N) is 1. The van der Waals surface area contributed by atoms with Crippen molar-refractivity contribution in [2.45, 2.75) is 90.4 Å². The normalized spacial score (nSPS) is 33.9. The lowest BCUT2D eigenvalue weighted by molar-refractivity contribution is -0.236. The largest absolute Gasteiger partial charge is 0.456 e. The molecule has 11 heteroatoms. The number of esters is 2. The standard InChI is InChI=1S/C39H45NO10/c1-21-28(50-36(47)32(44)31(23-12-8-6-9-13-23)40-35(46)24-14-10-7-11-15-24)18-39(20-41)17-26-25-19-48-27(25)16-29(43)38(26,5)34(45)33(49-22(2)42)30(21)37(39,3)4/h6-15,20,25-29,31-33,43-44H,16-19H2,1-5H3,(H,40,46)/t25-,26?,27?,28-,29-,31-,32+,33?,38-,39?/m0/s1. The summed E-state index contributed by atoms with van der Waals surface area (Å²) in [5.74, 6) is -3.37. The summed E-state index contributed by atoms with van der Waals surface area (Å²) in [4.78, 5) is 68.0. The molecule has 0 radical (unpaired) electrons. The van der Waals surface area contributed by atoms with Crippen molar-refractivity contribution < 1.29 is 48.4 Å². The van der Waals surface area contributed by atoms with Crippen LogP contribution in [-0.2, 0) is 33.4 Å². The van der Waals surface area contributed by atoms with E-state index in [1.54, 1.807) is 74.5 Å². The lowest BCUT2D eigenvalue weighted by Crippen LogP contribution is -2.68. The summed E-state index contributed by atoms with van der Waals surface area (Å²) < 4.78 is 17.6. The van der Waals surface area contributed by atoms with Crippen molar-refractivity contribution in [3.8, 4) is 0 Å². The Morgan fingerprint density at radius 3 is 2.22 bits per heavy atom. The maximum Gasteiger partial charge on any atom is 0.338 e. The second-order valence-corrected chi connectivity index (χ2v) is 15.0. The average molecular weight is 688 g/mol. The van der Waals surface area contributed by atoms with Crippen LogP contribution in [0.2, 0.25) is 0 Å². The quantitative estimate of drug-likeness (QED) is 0.212. The van der Waals surface area contributed by atoms with Gasteiger partial charge in [-0.2, -0.15) is 0 Å². The second kappa shape index (κ2) is 13.2. The maximum atomic E-state index is 14.7. The van der Waals surface area contributed by atoms with Gasteiger partial charge in [-0.1, -0.05) is 62.4 Å². The molecule has 11 nitrogen and oxygen atoms in total. The van der Waals surface area contributed by atoms with Crippen LogP contribution in [-0.4, -0.2) is 77.3 Å². The van der Waals surface area contributed by atoms with Crippen LogP contribution in [0.4, 0.5) is 0 Å². The van der Waals surface area contributed by atoms with Crippen LogP contribution in [0, 0.1) is 28.1 Å². The molecule has 0 aromatic heterocycles. The number of hydrogen-bond acceptors (Lipinski definition) is 10. The number of ether oxygens (including phenoxy) is 3. The highest BCUT2D eigenvalue weighted by atomic mass is 16.6. The molecule has 3 aliphatic carbocycles. The first-order chi connectivity index (χ1) is 23.7. The van der Waals surface area contributed by atoms with Gasteiger partial charge in [-0.05, 0) is 55.0 Å². The van der Waals surface area contributed by atoms with E-state index in [9.17, 15) is 34.2 Å². The summed E-state index contributed by atoms with van der Waals surface area (Å²) in [6.07, 6.45) is -4.49. The number of ketones is 1. The van der Waals surface area contributed by atoms with Gasteiger partial charge in [-0.15, -0.1) is 0 Å². The van der Waals surface area contributed by atoms with Crippen LogP contribution in [0.1, 0.15) is 75.8 Å². The Kier molecular flexibility index (Phi) is 9.38. The Labute approximate surface area is 291 Å². The number of aldehydes is 1. The Hall–Kier alpha value is -4.19. The number of aliphatic hydroxyl groups excluding tert-OH is 2. The summed E-state index contributed by atoms with van der Waals surface area (Å²) in [5.41, 5.74) is -2.09. The van der Waals surface area contributed by atoms with Crippen molar-refractivity contribution in [3.05, 3.63) is 82.9 Å². The van der Waals surface area contributed by atoms with E-state index in [1.165, 1.54) is 6.92 Å².